The number of carbonyl (C=O) groups excluding carboxylic acids is 1. The molecule has 0 fully saturated rings. The molecule has 1 rings (SSSR count). The molecule has 0 aliphatic carbocycles. The van der Waals surface area contributed by atoms with Gasteiger partial charge in [0.1, 0.15) is 0 Å². The predicted molar refractivity (Wildman–Crippen MR) is 81.1 cm³/mol. The number of nitrogens with one attached hydrogen (secondary N) is 2. The van der Waals surface area contributed by atoms with Crippen LogP contribution in [-0.4, -0.2) is 48.7 Å². The van der Waals surface area contributed by atoms with Crippen molar-refractivity contribution in [2.75, 3.05) is 20.6 Å². The molecule has 1 aromatic rings. The average molecular weight is 293 g/mol. The lowest BCUT2D eigenvalue weighted by molar-refractivity contribution is -0.137. The molecular formula is C15H23N3O3. The van der Waals surface area contributed by atoms with Crippen LogP contribution in [-0.2, 0) is 4.79 Å². The predicted octanol–water partition coefficient (Wildman–Crippen LogP) is 1.45. The van der Waals surface area contributed by atoms with Crippen LogP contribution in [0, 0.1) is 0 Å². The molecule has 6 nitrogen and oxygen atoms in total. The second-order valence-corrected chi connectivity index (χ2v) is 5.23. The van der Waals surface area contributed by atoms with Gasteiger partial charge in [0, 0.05) is 12.6 Å². The summed E-state index contributed by atoms with van der Waals surface area (Å²) in [6, 6.07) is 8.38. The minimum Gasteiger partial charge on any atom is -0.481 e. The zero-order chi connectivity index (χ0) is 15.8. The highest BCUT2D eigenvalue weighted by molar-refractivity contribution is 5.76. The van der Waals surface area contributed by atoms with E-state index < -0.39 is 12.0 Å². The Morgan fingerprint density at radius 2 is 1.86 bits per heavy atom. The molecule has 116 valence electrons. The van der Waals surface area contributed by atoms with Gasteiger partial charge in [0.05, 0.1) is 12.5 Å². The number of hydrogen-bond acceptors (Lipinski definition) is 3. The van der Waals surface area contributed by atoms with E-state index in [1.54, 1.807) is 12.1 Å². The summed E-state index contributed by atoms with van der Waals surface area (Å²) in [5.41, 5.74) is 0.774. The topological polar surface area (TPSA) is 81.7 Å². The fourth-order valence-corrected chi connectivity index (χ4v) is 1.74. The van der Waals surface area contributed by atoms with Crippen molar-refractivity contribution in [3.05, 3.63) is 35.9 Å². The molecule has 0 aliphatic heterocycles. The van der Waals surface area contributed by atoms with Gasteiger partial charge in [0.2, 0.25) is 0 Å². The first-order valence-corrected chi connectivity index (χ1v) is 6.87. The molecule has 0 aliphatic rings. The zero-order valence-electron chi connectivity index (χ0n) is 12.7. The Morgan fingerprint density at radius 3 is 2.38 bits per heavy atom. The van der Waals surface area contributed by atoms with Crippen molar-refractivity contribution in [1.29, 1.82) is 0 Å². The van der Waals surface area contributed by atoms with Crippen LogP contribution >= 0.6 is 0 Å². The summed E-state index contributed by atoms with van der Waals surface area (Å²) in [6.45, 7) is 2.49. The second-order valence-electron chi connectivity index (χ2n) is 5.23. The van der Waals surface area contributed by atoms with Gasteiger partial charge >= 0.3 is 12.0 Å². The molecule has 2 unspecified atom stereocenters. The van der Waals surface area contributed by atoms with E-state index in [4.69, 9.17) is 5.11 Å². The highest BCUT2D eigenvalue weighted by atomic mass is 16.4. The van der Waals surface area contributed by atoms with Crippen LogP contribution in [0.1, 0.15) is 24.9 Å². The molecule has 0 heterocycles. The van der Waals surface area contributed by atoms with Gasteiger partial charge in [0.25, 0.3) is 0 Å². The van der Waals surface area contributed by atoms with E-state index in [-0.39, 0.29) is 18.5 Å². The van der Waals surface area contributed by atoms with E-state index in [1.165, 1.54) is 0 Å². The molecular weight excluding hydrogens is 270 g/mol. The van der Waals surface area contributed by atoms with Crippen LogP contribution in [0.2, 0.25) is 0 Å². The van der Waals surface area contributed by atoms with E-state index in [2.05, 4.69) is 10.6 Å². The first kappa shape index (κ1) is 17.0. The number of carboxylic acid groups (broad SMARTS) is 1. The number of rotatable bonds is 7. The molecule has 0 bridgehead atoms. The van der Waals surface area contributed by atoms with Crippen molar-refractivity contribution in [3.63, 3.8) is 0 Å². The molecule has 2 atom stereocenters. The Hall–Kier alpha value is -2.08. The number of hydrogen-bond donors (Lipinski definition) is 3. The smallest absolute Gasteiger partial charge is 0.315 e. The number of likely N-dealkylation sites (N-methyl/N-ethyl adjacent to an activating group) is 1. The average Bonchev–Trinajstić information content (AvgIpc) is 2.44. The van der Waals surface area contributed by atoms with Gasteiger partial charge < -0.3 is 20.6 Å². The summed E-state index contributed by atoms with van der Waals surface area (Å²) in [6.07, 6.45) is -0.152. The van der Waals surface area contributed by atoms with Crippen molar-refractivity contribution in [2.45, 2.75) is 25.4 Å². The van der Waals surface area contributed by atoms with Crippen LogP contribution in [0.25, 0.3) is 0 Å². The monoisotopic (exact) mass is 293 g/mol. The van der Waals surface area contributed by atoms with Crippen LogP contribution in [0.5, 0.6) is 0 Å². The summed E-state index contributed by atoms with van der Waals surface area (Å²) in [4.78, 5) is 24.8. The fraction of sp³-hybridized carbons (Fsp3) is 0.467. The van der Waals surface area contributed by atoms with Crippen molar-refractivity contribution >= 4 is 12.0 Å². The van der Waals surface area contributed by atoms with Gasteiger partial charge in [0.15, 0.2) is 0 Å². The third kappa shape index (κ3) is 6.27. The standard InChI is InChI=1S/C15H23N3O3/c1-11(18(2)3)10-16-15(21)17-13(9-14(19)20)12-7-5-4-6-8-12/h4-8,11,13H,9-10H2,1-3H3,(H,19,20)(H2,16,17,21). The number of carboxylic acids is 1. The minimum atomic E-state index is -0.953. The number of benzene rings is 1. The van der Waals surface area contributed by atoms with Gasteiger partial charge in [-0.3, -0.25) is 4.79 Å². The van der Waals surface area contributed by atoms with Crippen molar-refractivity contribution in [1.82, 2.24) is 15.5 Å². The zero-order valence-corrected chi connectivity index (χ0v) is 12.7. The Morgan fingerprint density at radius 1 is 1.24 bits per heavy atom. The molecule has 0 spiro atoms. The van der Waals surface area contributed by atoms with Crippen molar-refractivity contribution in [2.24, 2.45) is 0 Å². The lowest BCUT2D eigenvalue weighted by atomic mass is 10.0. The van der Waals surface area contributed by atoms with E-state index in [1.807, 2.05) is 44.1 Å². The molecule has 0 radical (unpaired) electrons. The third-order valence-corrected chi connectivity index (χ3v) is 3.33. The number of urea groups is 1. The number of nitrogens with zero attached hydrogens (tertiary/aromatic N) is 1. The highest BCUT2D eigenvalue weighted by Crippen LogP contribution is 2.16. The summed E-state index contributed by atoms with van der Waals surface area (Å²) >= 11 is 0. The number of carbonyl (C=O) groups is 2. The fourth-order valence-electron chi connectivity index (χ4n) is 1.74. The normalized spacial score (nSPS) is 13.5. The molecule has 1 aromatic carbocycles. The number of aliphatic carboxylic acids is 1. The second kappa shape index (κ2) is 8.26. The van der Waals surface area contributed by atoms with Crippen LogP contribution in [0.15, 0.2) is 30.3 Å². The third-order valence-electron chi connectivity index (χ3n) is 3.33. The number of amides is 2. The lowest BCUT2D eigenvalue weighted by Crippen LogP contribution is -2.44. The van der Waals surface area contributed by atoms with Crippen LogP contribution in [0.4, 0.5) is 4.79 Å². The Labute approximate surface area is 125 Å². The van der Waals surface area contributed by atoms with Gasteiger partial charge in [-0.05, 0) is 26.6 Å². The molecule has 21 heavy (non-hydrogen) atoms. The van der Waals surface area contributed by atoms with E-state index in [0.717, 1.165) is 5.56 Å². The highest BCUT2D eigenvalue weighted by Gasteiger charge is 2.18. The van der Waals surface area contributed by atoms with Crippen LogP contribution in [0.3, 0.4) is 0 Å². The summed E-state index contributed by atoms with van der Waals surface area (Å²) in [5.74, 6) is -0.953. The Kier molecular flexibility index (Phi) is 6.68. The van der Waals surface area contributed by atoms with E-state index >= 15 is 0 Å². The maximum absolute atomic E-state index is 11.9. The Bertz CT molecular complexity index is 462. The minimum absolute atomic E-state index is 0.152. The summed E-state index contributed by atoms with van der Waals surface area (Å²) in [7, 11) is 3.86. The van der Waals surface area contributed by atoms with Crippen LogP contribution < -0.4 is 10.6 Å². The molecule has 3 N–H and O–H groups in total. The molecule has 0 saturated heterocycles. The summed E-state index contributed by atoms with van der Waals surface area (Å²) in [5, 5.41) is 14.4. The van der Waals surface area contributed by atoms with Gasteiger partial charge in [-0.25, -0.2) is 4.79 Å². The maximum Gasteiger partial charge on any atom is 0.315 e. The quantitative estimate of drug-likeness (QED) is 0.711. The molecule has 0 aromatic heterocycles. The van der Waals surface area contributed by atoms with Gasteiger partial charge in [-0.2, -0.15) is 0 Å². The van der Waals surface area contributed by atoms with E-state index in [9.17, 15) is 9.59 Å². The van der Waals surface area contributed by atoms with E-state index in [0.29, 0.717) is 6.54 Å². The van der Waals surface area contributed by atoms with Crippen molar-refractivity contribution in [3.8, 4) is 0 Å². The molecule has 2 amide bonds. The van der Waals surface area contributed by atoms with Gasteiger partial charge in [-0.15, -0.1) is 0 Å². The maximum atomic E-state index is 11.9. The molecule has 0 saturated carbocycles. The van der Waals surface area contributed by atoms with Crippen molar-refractivity contribution < 1.29 is 14.7 Å². The molecule has 6 heteroatoms. The largest absolute Gasteiger partial charge is 0.481 e. The SMILES string of the molecule is CC(CNC(=O)NC(CC(=O)O)c1ccccc1)N(C)C. The summed E-state index contributed by atoms with van der Waals surface area (Å²) < 4.78 is 0. The lowest BCUT2D eigenvalue weighted by Gasteiger charge is -2.22. The Balaban J connectivity index is 2.61. The van der Waals surface area contributed by atoms with Gasteiger partial charge in [-0.1, -0.05) is 30.3 Å². The first-order valence-electron chi connectivity index (χ1n) is 6.87. The first-order chi connectivity index (χ1) is 9.90.